The summed E-state index contributed by atoms with van der Waals surface area (Å²) in [6, 6.07) is 58.8. The molecule has 0 fully saturated rings. The van der Waals surface area contributed by atoms with Crippen molar-refractivity contribution < 1.29 is 4.42 Å². The molecule has 4 heterocycles. The molecule has 11 rings (SSSR count). The van der Waals surface area contributed by atoms with Crippen LogP contribution >= 0.6 is 0 Å². The van der Waals surface area contributed by atoms with Crippen LogP contribution < -0.4 is 0 Å². The predicted molar refractivity (Wildman–Crippen MR) is 222 cm³/mol. The first-order chi connectivity index (χ1) is 27.7. The third kappa shape index (κ3) is 5.31. The summed E-state index contributed by atoms with van der Waals surface area (Å²) >= 11 is 0. The fourth-order valence-electron chi connectivity index (χ4n) is 7.48. The van der Waals surface area contributed by atoms with Crippen LogP contribution in [-0.4, -0.2) is 34.5 Å². The molecule has 7 aromatic carbocycles. The minimum atomic E-state index is 0.483. The second-order valence-corrected chi connectivity index (χ2v) is 13.6. The third-order valence-electron chi connectivity index (χ3n) is 10.1. The molecule has 262 valence electrons. The Labute approximate surface area is 320 Å². The van der Waals surface area contributed by atoms with E-state index in [1.807, 2.05) is 140 Å². The zero-order valence-corrected chi connectivity index (χ0v) is 29.8. The number of furan rings is 1. The van der Waals surface area contributed by atoms with Crippen molar-refractivity contribution in [3.8, 4) is 62.9 Å². The van der Waals surface area contributed by atoms with Gasteiger partial charge in [0.1, 0.15) is 11.1 Å². The molecule has 0 N–H and O–H groups in total. The Hall–Kier alpha value is -7.84. The van der Waals surface area contributed by atoms with Crippen LogP contribution in [-0.2, 0) is 0 Å². The fraction of sp³-hybridized carbons (Fsp3) is 0. The maximum atomic E-state index is 6.62. The number of nitrogens with zero attached hydrogens (tertiary/aromatic N) is 7. The van der Waals surface area contributed by atoms with Crippen LogP contribution in [0.2, 0.25) is 0 Å². The van der Waals surface area contributed by atoms with Crippen LogP contribution in [0.4, 0.5) is 0 Å². The highest BCUT2D eigenvalue weighted by Gasteiger charge is 2.22. The van der Waals surface area contributed by atoms with Gasteiger partial charge in [-0.1, -0.05) is 152 Å². The van der Waals surface area contributed by atoms with Crippen LogP contribution in [0.3, 0.4) is 0 Å². The summed E-state index contributed by atoms with van der Waals surface area (Å²) in [4.78, 5) is 30.4. The van der Waals surface area contributed by atoms with Gasteiger partial charge in [0, 0.05) is 49.4 Å². The molecule has 0 aliphatic carbocycles. The normalized spacial score (nSPS) is 11.6. The number of hydrogen-bond donors (Lipinski definition) is 0. The molecule has 0 saturated carbocycles. The maximum absolute atomic E-state index is 6.62. The fourth-order valence-corrected chi connectivity index (χ4v) is 7.48. The van der Waals surface area contributed by atoms with E-state index < -0.39 is 0 Å². The topological polar surface area (TPSA) is 95.4 Å². The zero-order chi connectivity index (χ0) is 37.0. The Kier molecular flexibility index (Phi) is 7.31. The molecule has 0 unspecified atom stereocenters. The summed E-state index contributed by atoms with van der Waals surface area (Å²) in [6.07, 6.45) is 0. The van der Waals surface area contributed by atoms with Crippen molar-refractivity contribution in [2.24, 2.45) is 0 Å². The highest BCUT2D eigenvalue weighted by atomic mass is 16.3. The largest absolute Gasteiger partial charge is 0.454 e. The SMILES string of the molecule is c1ccc(-c2nc(-c3ccccc3)nc(-c3cccc(-c4nc(-c5ccccc5)nc(-n5c6ccccc6c6ccc7c8ccccc8oc7c65)n4)c3)n2)cc1. The Balaban J connectivity index is 1.14. The molecule has 0 amide bonds. The van der Waals surface area contributed by atoms with Gasteiger partial charge in [-0.2, -0.15) is 9.97 Å². The van der Waals surface area contributed by atoms with Gasteiger partial charge in [0.25, 0.3) is 0 Å². The van der Waals surface area contributed by atoms with Gasteiger partial charge >= 0.3 is 0 Å². The Morgan fingerprint density at radius 1 is 0.339 bits per heavy atom. The lowest BCUT2D eigenvalue weighted by Gasteiger charge is -2.12. The second-order valence-electron chi connectivity index (χ2n) is 13.6. The minimum absolute atomic E-state index is 0.483. The Morgan fingerprint density at radius 3 is 1.39 bits per heavy atom. The van der Waals surface area contributed by atoms with Crippen molar-refractivity contribution in [2.75, 3.05) is 0 Å². The van der Waals surface area contributed by atoms with Gasteiger partial charge in [-0.15, -0.1) is 0 Å². The summed E-state index contributed by atoms with van der Waals surface area (Å²) in [6.45, 7) is 0. The molecular weight excluding hydrogens is 691 g/mol. The van der Waals surface area contributed by atoms with Crippen LogP contribution in [0, 0.1) is 0 Å². The van der Waals surface area contributed by atoms with Gasteiger partial charge in [-0.05, 0) is 24.3 Å². The monoisotopic (exact) mass is 719 g/mol. The lowest BCUT2D eigenvalue weighted by Crippen LogP contribution is -2.06. The van der Waals surface area contributed by atoms with Gasteiger partial charge in [0.05, 0.1) is 5.52 Å². The summed E-state index contributed by atoms with van der Waals surface area (Å²) in [5.74, 6) is 3.28. The standard InChI is InChI=1S/C48H29N7O/c1-4-15-30(16-5-1)43-49-44(31-17-6-2-7-18-31)51-46(50-43)33-21-14-22-34(29-33)47-52-45(32-19-8-3-9-20-32)53-48(54-47)55-39-25-12-10-23-35(39)37-27-28-38-36-24-11-13-26-40(36)56-42(38)41(37)55/h1-29H. The van der Waals surface area contributed by atoms with Gasteiger partial charge in [0.15, 0.2) is 34.7 Å². The quantitative estimate of drug-likeness (QED) is 0.169. The Morgan fingerprint density at radius 2 is 0.786 bits per heavy atom. The number of aromatic nitrogens is 7. The lowest BCUT2D eigenvalue weighted by atomic mass is 10.1. The van der Waals surface area contributed by atoms with Crippen molar-refractivity contribution in [3.63, 3.8) is 0 Å². The third-order valence-corrected chi connectivity index (χ3v) is 10.1. The number of hydrogen-bond acceptors (Lipinski definition) is 7. The number of fused-ring (bicyclic) bond motifs is 7. The maximum Gasteiger partial charge on any atom is 0.238 e. The minimum Gasteiger partial charge on any atom is -0.454 e. The summed E-state index contributed by atoms with van der Waals surface area (Å²) in [5.41, 5.74) is 7.76. The average Bonchev–Trinajstić information content (AvgIpc) is 3.83. The molecule has 0 saturated heterocycles. The van der Waals surface area contributed by atoms with Crippen LogP contribution in [0.5, 0.6) is 0 Å². The van der Waals surface area contributed by atoms with Crippen molar-refractivity contribution in [2.45, 2.75) is 0 Å². The van der Waals surface area contributed by atoms with E-state index in [1.165, 1.54) is 0 Å². The predicted octanol–water partition coefficient (Wildman–Crippen LogP) is 11.4. The summed E-state index contributed by atoms with van der Waals surface area (Å²) in [7, 11) is 0. The van der Waals surface area contributed by atoms with E-state index in [2.05, 4.69) is 41.0 Å². The van der Waals surface area contributed by atoms with Crippen molar-refractivity contribution in [1.29, 1.82) is 0 Å². The molecule has 11 aromatic rings. The van der Waals surface area contributed by atoms with Crippen molar-refractivity contribution >= 4 is 43.7 Å². The van der Waals surface area contributed by atoms with Gasteiger partial charge < -0.3 is 4.42 Å². The van der Waals surface area contributed by atoms with Gasteiger partial charge in [-0.3, -0.25) is 4.57 Å². The van der Waals surface area contributed by atoms with E-state index in [-0.39, 0.29) is 0 Å². The highest BCUT2D eigenvalue weighted by Crippen LogP contribution is 2.40. The summed E-state index contributed by atoms with van der Waals surface area (Å²) in [5, 5.41) is 4.22. The first-order valence-electron chi connectivity index (χ1n) is 18.4. The van der Waals surface area contributed by atoms with E-state index in [4.69, 9.17) is 34.3 Å². The number of benzene rings is 7. The van der Waals surface area contributed by atoms with Crippen molar-refractivity contribution in [1.82, 2.24) is 34.5 Å². The molecule has 0 aliphatic heterocycles. The molecule has 0 atom stereocenters. The molecule has 4 aromatic heterocycles. The van der Waals surface area contributed by atoms with E-state index in [0.717, 1.165) is 71.6 Å². The van der Waals surface area contributed by atoms with E-state index >= 15 is 0 Å². The highest BCUT2D eigenvalue weighted by molar-refractivity contribution is 6.21. The molecular formula is C48H29N7O. The number of rotatable bonds is 6. The van der Waals surface area contributed by atoms with Crippen LogP contribution in [0.1, 0.15) is 0 Å². The lowest BCUT2D eigenvalue weighted by molar-refractivity contribution is 0.670. The van der Waals surface area contributed by atoms with Crippen molar-refractivity contribution in [3.05, 3.63) is 176 Å². The smallest absolute Gasteiger partial charge is 0.238 e. The molecule has 0 bridgehead atoms. The first-order valence-corrected chi connectivity index (χ1v) is 18.4. The first kappa shape index (κ1) is 31.7. The molecule has 0 radical (unpaired) electrons. The molecule has 56 heavy (non-hydrogen) atoms. The number of para-hydroxylation sites is 2. The van der Waals surface area contributed by atoms with E-state index in [1.54, 1.807) is 0 Å². The van der Waals surface area contributed by atoms with E-state index in [0.29, 0.717) is 35.1 Å². The van der Waals surface area contributed by atoms with Gasteiger partial charge in [0.2, 0.25) is 5.95 Å². The van der Waals surface area contributed by atoms with Crippen LogP contribution in [0.25, 0.3) is 107 Å². The molecule has 0 aliphatic rings. The zero-order valence-electron chi connectivity index (χ0n) is 29.8. The second kappa shape index (κ2) is 12.9. The Bertz CT molecular complexity index is 3190. The van der Waals surface area contributed by atoms with Gasteiger partial charge in [-0.25, -0.2) is 19.9 Å². The molecule has 0 spiro atoms. The average molecular weight is 720 g/mol. The van der Waals surface area contributed by atoms with E-state index in [9.17, 15) is 0 Å². The summed E-state index contributed by atoms with van der Waals surface area (Å²) < 4.78 is 8.74. The van der Waals surface area contributed by atoms with Crippen LogP contribution in [0.15, 0.2) is 180 Å². The molecule has 8 heteroatoms. The molecule has 8 nitrogen and oxygen atoms in total.